The third-order valence-corrected chi connectivity index (χ3v) is 2.86. The minimum absolute atomic E-state index is 0.156. The van der Waals surface area contributed by atoms with Crippen LogP contribution in [-0.4, -0.2) is 17.8 Å². The molecule has 16 heavy (non-hydrogen) atoms. The number of para-hydroxylation sites is 1. The Kier molecular flexibility index (Phi) is 3.27. The fraction of sp³-hybridized carbons (Fsp3) is 0.385. The van der Waals surface area contributed by atoms with E-state index in [2.05, 4.69) is 0 Å². The first-order chi connectivity index (χ1) is 7.72. The first kappa shape index (κ1) is 11.2. The number of nitrogens with two attached hydrogens (primary N) is 1. The number of rotatable bonds is 4. The smallest absolute Gasteiger partial charge is 0.134 e. The number of hydrogen-bond donors (Lipinski definition) is 2. The van der Waals surface area contributed by atoms with Crippen LogP contribution in [0.3, 0.4) is 0 Å². The van der Waals surface area contributed by atoms with Gasteiger partial charge in [-0.2, -0.15) is 0 Å². The van der Waals surface area contributed by atoms with Crippen molar-refractivity contribution in [3.05, 3.63) is 36.1 Å². The minimum atomic E-state index is -0.345. The van der Waals surface area contributed by atoms with Gasteiger partial charge in [0, 0.05) is 16.9 Å². The van der Waals surface area contributed by atoms with Crippen LogP contribution in [0.25, 0.3) is 11.0 Å². The van der Waals surface area contributed by atoms with E-state index in [0.717, 1.165) is 16.5 Å². The monoisotopic (exact) mass is 219 g/mol. The maximum atomic E-state index is 9.44. The van der Waals surface area contributed by atoms with Crippen molar-refractivity contribution in [2.45, 2.75) is 25.4 Å². The van der Waals surface area contributed by atoms with Gasteiger partial charge in [-0.1, -0.05) is 18.2 Å². The summed E-state index contributed by atoms with van der Waals surface area (Å²) in [7, 11) is 0. The molecule has 0 bridgehead atoms. The molecule has 2 atom stereocenters. The highest BCUT2D eigenvalue weighted by atomic mass is 16.3. The summed E-state index contributed by atoms with van der Waals surface area (Å²) in [5.41, 5.74) is 7.72. The van der Waals surface area contributed by atoms with E-state index in [-0.39, 0.29) is 12.0 Å². The zero-order valence-electron chi connectivity index (χ0n) is 9.39. The molecule has 0 fully saturated rings. The highest BCUT2D eigenvalue weighted by Gasteiger charge is 2.17. The van der Waals surface area contributed by atoms with E-state index in [1.807, 2.05) is 24.3 Å². The molecule has 3 heteroatoms. The molecule has 0 aliphatic carbocycles. The highest BCUT2D eigenvalue weighted by Crippen LogP contribution is 2.29. The van der Waals surface area contributed by atoms with Crippen molar-refractivity contribution in [1.29, 1.82) is 0 Å². The van der Waals surface area contributed by atoms with Crippen LogP contribution >= 0.6 is 0 Å². The molecule has 1 heterocycles. The number of furan rings is 1. The fourth-order valence-corrected chi connectivity index (χ4v) is 2.08. The van der Waals surface area contributed by atoms with Crippen LogP contribution in [0.2, 0.25) is 0 Å². The molecule has 86 valence electrons. The van der Waals surface area contributed by atoms with Gasteiger partial charge in [0.1, 0.15) is 5.58 Å². The number of benzene rings is 1. The number of aliphatic hydroxyl groups is 1. The van der Waals surface area contributed by atoms with Crippen LogP contribution in [0.1, 0.15) is 24.8 Å². The number of aliphatic hydroxyl groups excluding tert-OH is 1. The van der Waals surface area contributed by atoms with E-state index in [4.69, 9.17) is 10.2 Å². The molecular weight excluding hydrogens is 202 g/mol. The van der Waals surface area contributed by atoms with Crippen LogP contribution in [0.5, 0.6) is 0 Å². The second-order valence-corrected chi connectivity index (χ2v) is 4.20. The van der Waals surface area contributed by atoms with Crippen molar-refractivity contribution in [3.8, 4) is 0 Å². The molecule has 0 saturated heterocycles. The maximum absolute atomic E-state index is 9.44. The molecule has 0 amide bonds. The molecule has 3 nitrogen and oxygen atoms in total. The largest absolute Gasteiger partial charge is 0.464 e. The Bertz CT molecular complexity index is 462. The van der Waals surface area contributed by atoms with E-state index < -0.39 is 0 Å². The summed E-state index contributed by atoms with van der Waals surface area (Å²) < 4.78 is 5.48. The predicted octanol–water partition coefficient (Wildman–Crippen LogP) is 2.25. The molecule has 0 saturated carbocycles. The lowest BCUT2D eigenvalue weighted by Gasteiger charge is -2.15. The van der Waals surface area contributed by atoms with Crippen LogP contribution in [0.4, 0.5) is 0 Å². The zero-order valence-corrected chi connectivity index (χ0v) is 9.39. The van der Waals surface area contributed by atoms with Crippen LogP contribution in [0.15, 0.2) is 34.9 Å². The molecular formula is C13H17NO2. The summed E-state index contributed by atoms with van der Waals surface area (Å²) in [4.78, 5) is 0. The summed E-state index contributed by atoms with van der Waals surface area (Å²) in [6, 6.07) is 7.90. The van der Waals surface area contributed by atoms with Crippen molar-refractivity contribution in [3.63, 3.8) is 0 Å². The molecule has 0 aliphatic heterocycles. The van der Waals surface area contributed by atoms with Gasteiger partial charge in [-0.05, 0) is 26.0 Å². The van der Waals surface area contributed by atoms with E-state index in [1.54, 1.807) is 13.2 Å². The van der Waals surface area contributed by atoms with E-state index in [1.165, 1.54) is 0 Å². The third kappa shape index (κ3) is 2.10. The predicted molar refractivity (Wildman–Crippen MR) is 64.3 cm³/mol. The van der Waals surface area contributed by atoms with E-state index >= 15 is 0 Å². The second-order valence-electron chi connectivity index (χ2n) is 4.20. The van der Waals surface area contributed by atoms with Gasteiger partial charge in [-0.3, -0.25) is 0 Å². The number of hydrogen-bond acceptors (Lipinski definition) is 3. The maximum Gasteiger partial charge on any atom is 0.134 e. The number of fused-ring (bicyclic) bond motifs is 1. The van der Waals surface area contributed by atoms with Crippen molar-refractivity contribution in [2.24, 2.45) is 5.73 Å². The molecule has 1 aromatic heterocycles. The quantitative estimate of drug-likeness (QED) is 0.829. The summed E-state index contributed by atoms with van der Waals surface area (Å²) in [6.45, 7) is 2.30. The lowest BCUT2D eigenvalue weighted by molar-refractivity contribution is 0.175. The first-order valence-corrected chi connectivity index (χ1v) is 5.56. The Labute approximate surface area is 94.9 Å². The molecule has 2 rings (SSSR count). The Morgan fingerprint density at radius 3 is 2.81 bits per heavy atom. The Hall–Kier alpha value is -1.32. The third-order valence-electron chi connectivity index (χ3n) is 2.86. The van der Waals surface area contributed by atoms with Gasteiger partial charge in [-0.15, -0.1) is 0 Å². The Morgan fingerprint density at radius 1 is 1.38 bits per heavy atom. The van der Waals surface area contributed by atoms with Gasteiger partial charge in [0.05, 0.1) is 12.4 Å². The summed E-state index contributed by atoms with van der Waals surface area (Å²) >= 11 is 0. The normalized spacial score (nSPS) is 15.2. The molecule has 0 spiro atoms. The topological polar surface area (TPSA) is 59.4 Å². The summed E-state index contributed by atoms with van der Waals surface area (Å²) in [6.07, 6.45) is 2.08. The second kappa shape index (κ2) is 4.68. The molecule has 2 aromatic rings. The average Bonchev–Trinajstić information content (AvgIpc) is 2.69. The lowest BCUT2D eigenvalue weighted by atomic mass is 9.93. The van der Waals surface area contributed by atoms with E-state index in [0.29, 0.717) is 13.0 Å². The van der Waals surface area contributed by atoms with Gasteiger partial charge in [0.25, 0.3) is 0 Å². The van der Waals surface area contributed by atoms with Crippen LogP contribution < -0.4 is 5.73 Å². The molecule has 0 aliphatic rings. The lowest BCUT2D eigenvalue weighted by Crippen LogP contribution is -2.17. The summed E-state index contributed by atoms with van der Waals surface area (Å²) in [5, 5.41) is 10.5. The molecule has 1 aromatic carbocycles. The van der Waals surface area contributed by atoms with Gasteiger partial charge in [0.2, 0.25) is 0 Å². The van der Waals surface area contributed by atoms with Crippen LogP contribution in [0, 0.1) is 0 Å². The standard InChI is InChI=1S/C13H17NO2/c1-9(15)6-10(7-14)12-8-16-13-5-3-2-4-11(12)13/h2-5,8-10,15H,6-7,14H2,1H3. The highest BCUT2D eigenvalue weighted by molar-refractivity contribution is 5.81. The zero-order chi connectivity index (χ0) is 11.5. The first-order valence-electron chi connectivity index (χ1n) is 5.56. The molecule has 0 radical (unpaired) electrons. The summed E-state index contributed by atoms with van der Waals surface area (Å²) in [5.74, 6) is 0.156. The molecule has 3 N–H and O–H groups in total. The Morgan fingerprint density at radius 2 is 2.12 bits per heavy atom. The van der Waals surface area contributed by atoms with Crippen molar-refractivity contribution < 1.29 is 9.52 Å². The van der Waals surface area contributed by atoms with Gasteiger partial charge >= 0.3 is 0 Å². The average molecular weight is 219 g/mol. The van der Waals surface area contributed by atoms with Crippen molar-refractivity contribution in [1.82, 2.24) is 0 Å². The SMILES string of the molecule is CC(O)CC(CN)c1coc2ccccc12. The molecule has 2 unspecified atom stereocenters. The van der Waals surface area contributed by atoms with Crippen LogP contribution in [-0.2, 0) is 0 Å². The van der Waals surface area contributed by atoms with Gasteiger partial charge in [-0.25, -0.2) is 0 Å². The van der Waals surface area contributed by atoms with Gasteiger partial charge in [0.15, 0.2) is 0 Å². The minimum Gasteiger partial charge on any atom is -0.464 e. The van der Waals surface area contributed by atoms with Crippen molar-refractivity contribution in [2.75, 3.05) is 6.54 Å². The Balaban J connectivity index is 2.37. The van der Waals surface area contributed by atoms with E-state index in [9.17, 15) is 5.11 Å². The fourth-order valence-electron chi connectivity index (χ4n) is 2.08. The van der Waals surface area contributed by atoms with Gasteiger partial charge < -0.3 is 15.3 Å². The van der Waals surface area contributed by atoms with Crippen molar-refractivity contribution >= 4 is 11.0 Å².